The summed E-state index contributed by atoms with van der Waals surface area (Å²) in [6.45, 7) is 11.0. The van der Waals surface area contributed by atoms with E-state index in [9.17, 15) is 5.11 Å². The van der Waals surface area contributed by atoms with E-state index in [1.807, 2.05) is 18.0 Å². The van der Waals surface area contributed by atoms with Crippen molar-refractivity contribution in [2.75, 3.05) is 25.8 Å². The Morgan fingerprint density at radius 3 is 2.39 bits per heavy atom. The predicted octanol–water partition coefficient (Wildman–Crippen LogP) is 5.17. The van der Waals surface area contributed by atoms with Gasteiger partial charge in [-0.3, -0.25) is 5.01 Å². The molecule has 0 spiro atoms. The number of aliphatic hydroxyl groups is 1. The van der Waals surface area contributed by atoms with Crippen LogP contribution < -0.4 is 15.2 Å². The molecule has 4 unspecified atom stereocenters. The molecule has 0 bridgehead atoms. The molecule has 38 heavy (non-hydrogen) atoms. The van der Waals surface area contributed by atoms with Crippen LogP contribution in [-0.2, 0) is 8.92 Å². The number of methoxy groups -OCH3 is 1. The maximum Gasteiger partial charge on any atom is 0.221 e. The third-order valence-electron chi connectivity index (χ3n) is 6.92. The number of nitrogens with zero attached hydrogens (tertiary/aromatic N) is 3. The van der Waals surface area contributed by atoms with Crippen LogP contribution in [0.1, 0.15) is 38.3 Å². The van der Waals surface area contributed by atoms with Crippen molar-refractivity contribution in [2.24, 2.45) is 0 Å². The van der Waals surface area contributed by atoms with E-state index in [0.29, 0.717) is 18.1 Å². The fourth-order valence-corrected chi connectivity index (χ4v) is 8.97. The molecule has 206 valence electrons. The molecule has 3 aromatic rings. The molecular weight excluding hydrogens is 500 g/mol. The molecule has 2 aromatic carbocycles. The molecule has 4 rings (SSSR count). The lowest BCUT2D eigenvalue weighted by Gasteiger charge is -2.51. The molecule has 1 fully saturated rings. The van der Waals surface area contributed by atoms with Gasteiger partial charge in [0.2, 0.25) is 5.88 Å². The lowest BCUT2D eigenvalue weighted by Crippen LogP contribution is -2.45. The van der Waals surface area contributed by atoms with E-state index in [1.54, 1.807) is 14.2 Å². The van der Waals surface area contributed by atoms with Crippen LogP contribution in [0, 0.1) is 13.8 Å². The van der Waals surface area contributed by atoms with E-state index in [-0.39, 0.29) is 11.4 Å². The van der Waals surface area contributed by atoms with E-state index in [0.717, 1.165) is 10.5 Å². The minimum absolute atomic E-state index is 0.227. The molecule has 8 nitrogen and oxygen atoms in total. The van der Waals surface area contributed by atoms with Gasteiger partial charge >= 0.3 is 0 Å². The highest BCUT2D eigenvalue weighted by Gasteiger charge is 2.45. The first-order chi connectivity index (χ1) is 18.1. The number of hydrogen-bond donors (Lipinski definition) is 2. The normalized spacial score (nSPS) is 22.1. The van der Waals surface area contributed by atoms with Crippen LogP contribution in [0.15, 0.2) is 70.7 Å². The topological polar surface area (TPSA) is 89.0 Å². The van der Waals surface area contributed by atoms with Crippen LogP contribution in [0.4, 0.5) is 5.82 Å². The van der Waals surface area contributed by atoms with Crippen molar-refractivity contribution < 1.29 is 18.8 Å². The highest BCUT2D eigenvalue weighted by atomic mass is 32.3. The van der Waals surface area contributed by atoms with Gasteiger partial charge in [0.15, 0.2) is 5.82 Å². The highest BCUT2D eigenvalue weighted by Crippen LogP contribution is 2.72. The summed E-state index contributed by atoms with van der Waals surface area (Å²) in [5.41, 5.74) is 5.13. The van der Waals surface area contributed by atoms with Crippen LogP contribution >= 0.6 is 10.3 Å². The van der Waals surface area contributed by atoms with Gasteiger partial charge in [-0.2, -0.15) is 0 Å². The van der Waals surface area contributed by atoms with Crippen LogP contribution in [0.2, 0.25) is 0 Å². The van der Waals surface area contributed by atoms with Crippen molar-refractivity contribution in [1.82, 2.24) is 15.4 Å². The number of nitrogens with one attached hydrogen (secondary N) is 1. The van der Waals surface area contributed by atoms with Crippen LogP contribution in [-0.4, -0.2) is 59.0 Å². The summed E-state index contributed by atoms with van der Waals surface area (Å²) in [5.74, 6) is 1.13. The molecule has 1 aliphatic heterocycles. The number of aliphatic hydroxyl groups excluding tert-OH is 1. The third-order valence-corrected chi connectivity index (χ3v) is 11.1. The van der Waals surface area contributed by atoms with Crippen molar-refractivity contribution >= 4 is 16.1 Å². The summed E-state index contributed by atoms with van der Waals surface area (Å²) in [4.78, 5) is 11.0. The van der Waals surface area contributed by atoms with Gasteiger partial charge in [-0.15, -0.1) is 0 Å². The fourth-order valence-electron chi connectivity index (χ4n) is 5.06. The lowest BCUT2D eigenvalue weighted by molar-refractivity contribution is -0.0167. The number of ether oxygens (including phenoxy) is 2. The maximum atomic E-state index is 11.1. The second-order valence-corrected chi connectivity index (χ2v) is 13.9. The first-order valence-corrected chi connectivity index (χ1v) is 14.4. The SMILES string of the molecule is CNN(c1ncnc(OC)c1C)C1CC(O)C(COS(c2ccccc2)(c2ccccc2C)C(C)(C)C)O1. The first kappa shape index (κ1) is 28.3. The quantitative estimate of drug-likeness (QED) is 0.359. The molecule has 1 aliphatic rings. The molecule has 0 saturated carbocycles. The van der Waals surface area contributed by atoms with Crippen LogP contribution in [0.25, 0.3) is 0 Å². The minimum atomic E-state index is -1.98. The monoisotopic (exact) mass is 540 g/mol. The van der Waals surface area contributed by atoms with Crippen molar-refractivity contribution in [3.05, 3.63) is 72.1 Å². The molecule has 0 radical (unpaired) electrons. The molecule has 2 N–H and O–H groups in total. The summed E-state index contributed by atoms with van der Waals surface area (Å²) in [6, 6.07) is 18.9. The number of anilines is 1. The lowest BCUT2D eigenvalue weighted by atomic mass is 10.2. The molecule has 9 heteroatoms. The Hall–Kier alpha value is -2.69. The number of hydrogen-bond acceptors (Lipinski definition) is 8. The van der Waals surface area contributed by atoms with Gasteiger partial charge in [0.05, 0.1) is 25.4 Å². The zero-order chi connectivity index (χ0) is 27.5. The number of hydrazine groups is 1. The van der Waals surface area contributed by atoms with Gasteiger partial charge in [0, 0.05) is 28.0 Å². The van der Waals surface area contributed by atoms with E-state index >= 15 is 0 Å². The Kier molecular flexibility index (Phi) is 8.64. The number of rotatable bonds is 9. The minimum Gasteiger partial charge on any atom is -0.481 e. The summed E-state index contributed by atoms with van der Waals surface area (Å²) in [7, 11) is 1.40. The molecule has 0 aliphatic carbocycles. The molecule has 1 saturated heterocycles. The Bertz CT molecular complexity index is 1220. The molecule has 0 amide bonds. The van der Waals surface area contributed by atoms with Gasteiger partial charge in [-0.05, 0) is 58.4 Å². The van der Waals surface area contributed by atoms with Gasteiger partial charge in [-0.1, -0.05) is 46.7 Å². The smallest absolute Gasteiger partial charge is 0.221 e. The standard InChI is InChI=1S/C29H40N4O4S/c1-20-13-11-12-16-25(20)38(29(3,4)5,22-14-9-8-10-15-22)36-18-24-23(34)17-26(37-24)33(30-6)27-21(2)28(35-7)32-19-31-27/h8-16,19,23-24,26,30,34H,17-18H2,1-7H3. The first-order valence-electron chi connectivity index (χ1n) is 12.9. The average molecular weight is 541 g/mol. The Balaban J connectivity index is 1.65. The highest BCUT2D eigenvalue weighted by molar-refractivity contribution is 8.31. The maximum absolute atomic E-state index is 11.1. The van der Waals surface area contributed by atoms with E-state index in [4.69, 9.17) is 13.7 Å². The third kappa shape index (κ3) is 5.26. The summed E-state index contributed by atoms with van der Waals surface area (Å²) in [6.07, 6.45) is 0.192. The zero-order valence-electron chi connectivity index (χ0n) is 23.3. The van der Waals surface area contributed by atoms with Gasteiger partial charge in [-0.25, -0.2) is 15.4 Å². The Morgan fingerprint density at radius 1 is 1.08 bits per heavy atom. The summed E-state index contributed by atoms with van der Waals surface area (Å²) in [5, 5.41) is 12.9. The van der Waals surface area contributed by atoms with Crippen LogP contribution in [0.3, 0.4) is 0 Å². The predicted molar refractivity (Wildman–Crippen MR) is 152 cm³/mol. The van der Waals surface area contributed by atoms with E-state index < -0.39 is 28.7 Å². The summed E-state index contributed by atoms with van der Waals surface area (Å²) >= 11 is 0. The van der Waals surface area contributed by atoms with Crippen LogP contribution in [0.5, 0.6) is 5.88 Å². The fraction of sp³-hybridized carbons (Fsp3) is 0.448. The van der Waals surface area contributed by atoms with Crippen molar-refractivity contribution in [2.45, 2.75) is 74.0 Å². The molecule has 4 atom stereocenters. The molecule has 1 aromatic heterocycles. The largest absolute Gasteiger partial charge is 0.481 e. The Morgan fingerprint density at radius 2 is 1.76 bits per heavy atom. The van der Waals surface area contributed by atoms with Gasteiger partial charge in [0.25, 0.3) is 0 Å². The van der Waals surface area contributed by atoms with E-state index in [2.05, 4.69) is 91.6 Å². The van der Waals surface area contributed by atoms with Crippen molar-refractivity contribution in [1.29, 1.82) is 0 Å². The van der Waals surface area contributed by atoms with E-state index in [1.165, 1.54) is 16.8 Å². The average Bonchev–Trinajstić information content (AvgIpc) is 3.26. The van der Waals surface area contributed by atoms with Gasteiger partial charge in [0.1, 0.15) is 18.7 Å². The Labute approximate surface area is 227 Å². The molecule has 2 heterocycles. The summed E-state index contributed by atoms with van der Waals surface area (Å²) < 4.78 is 18.6. The van der Waals surface area contributed by atoms with Crippen molar-refractivity contribution in [3.63, 3.8) is 0 Å². The van der Waals surface area contributed by atoms with Gasteiger partial charge < -0.3 is 18.8 Å². The molecular formula is C29H40N4O4S. The number of aryl methyl sites for hydroxylation is 1. The second kappa shape index (κ2) is 11.6. The zero-order valence-corrected chi connectivity index (χ0v) is 24.2. The van der Waals surface area contributed by atoms with Crippen molar-refractivity contribution in [3.8, 4) is 5.88 Å². The second-order valence-electron chi connectivity index (χ2n) is 10.4. The number of aromatic nitrogens is 2. The number of benzene rings is 2.